The number of nitrogens with zero attached hydrogens (tertiary/aromatic N) is 2. The molecule has 5 heteroatoms. The Labute approximate surface area is 156 Å². The molecule has 0 bridgehead atoms. The number of nitriles is 1. The molecular weight excluding hydrogens is 348 g/mol. The first-order valence-electron chi connectivity index (χ1n) is 7.97. The molecule has 0 aliphatic carbocycles. The summed E-state index contributed by atoms with van der Waals surface area (Å²) in [5.74, 6) is -0.0520. The van der Waals surface area contributed by atoms with E-state index < -0.39 is 0 Å². The second kappa shape index (κ2) is 7.81. The van der Waals surface area contributed by atoms with Crippen molar-refractivity contribution in [3.8, 4) is 23.2 Å². The van der Waals surface area contributed by atoms with Crippen molar-refractivity contribution < 1.29 is 9.53 Å². The standard InChI is InChI=1S/C21H15ClN2O2/c1-14-11-19(15-5-3-2-4-6-15)24-21(18(14)12-23)26-13-20(25)16-7-9-17(22)10-8-16/h2-11H,13H2,1H3. The lowest BCUT2D eigenvalue weighted by Gasteiger charge is -2.11. The number of hydrogen-bond donors (Lipinski definition) is 0. The van der Waals surface area contributed by atoms with E-state index >= 15 is 0 Å². The lowest BCUT2D eigenvalue weighted by Crippen LogP contribution is -2.13. The number of benzene rings is 2. The van der Waals surface area contributed by atoms with Gasteiger partial charge in [0.1, 0.15) is 11.6 Å². The first kappa shape index (κ1) is 17.7. The lowest BCUT2D eigenvalue weighted by atomic mass is 10.1. The molecule has 0 fully saturated rings. The number of Topliss-reactive ketones (excluding diaryl/α,β-unsaturated/α-hetero) is 1. The highest BCUT2D eigenvalue weighted by Gasteiger charge is 2.15. The number of carbonyl (C=O) groups is 1. The monoisotopic (exact) mass is 362 g/mol. The first-order chi connectivity index (χ1) is 12.6. The van der Waals surface area contributed by atoms with Gasteiger partial charge in [0.25, 0.3) is 0 Å². The molecule has 1 aromatic heterocycles. The van der Waals surface area contributed by atoms with E-state index in [2.05, 4.69) is 11.1 Å². The smallest absolute Gasteiger partial charge is 0.232 e. The molecule has 0 unspecified atom stereocenters. The molecule has 0 spiro atoms. The van der Waals surface area contributed by atoms with Crippen LogP contribution in [0.4, 0.5) is 0 Å². The van der Waals surface area contributed by atoms with E-state index in [0.717, 1.165) is 11.1 Å². The van der Waals surface area contributed by atoms with E-state index in [1.165, 1.54) is 0 Å². The van der Waals surface area contributed by atoms with Crippen LogP contribution >= 0.6 is 11.6 Å². The van der Waals surface area contributed by atoms with Gasteiger partial charge in [0.05, 0.1) is 5.69 Å². The lowest BCUT2D eigenvalue weighted by molar-refractivity contribution is 0.0918. The van der Waals surface area contributed by atoms with Gasteiger partial charge in [-0.05, 0) is 42.8 Å². The van der Waals surface area contributed by atoms with Gasteiger partial charge in [-0.1, -0.05) is 41.9 Å². The highest BCUT2D eigenvalue weighted by Crippen LogP contribution is 2.26. The summed E-state index contributed by atoms with van der Waals surface area (Å²) in [5, 5.41) is 9.96. The van der Waals surface area contributed by atoms with E-state index in [4.69, 9.17) is 16.3 Å². The molecule has 0 aliphatic heterocycles. The Balaban J connectivity index is 1.86. The van der Waals surface area contributed by atoms with Crippen LogP contribution in [0, 0.1) is 18.3 Å². The summed E-state index contributed by atoms with van der Waals surface area (Å²) in [6, 6.07) is 20.1. The van der Waals surface area contributed by atoms with Gasteiger partial charge in [-0.15, -0.1) is 0 Å². The summed E-state index contributed by atoms with van der Waals surface area (Å²) < 4.78 is 5.60. The molecular formula is C21H15ClN2O2. The van der Waals surface area contributed by atoms with Crippen LogP contribution in [0.15, 0.2) is 60.7 Å². The minimum Gasteiger partial charge on any atom is -0.468 e. The predicted molar refractivity (Wildman–Crippen MR) is 100 cm³/mol. The maximum Gasteiger partial charge on any atom is 0.232 e. The normalized spacial score (nSPS) is 10.2. The van der Waals surface area contributed by atoms with Crippen molar-refractivity contribution in [2.75, 3.05) is 6.61 Å². The van der Waals surface area contributed by atoms with Crippen molar-refractivity contribution in [2.24, 2.45) is 0 Å². The van der Waals surface area contributed by atoms with Crippen LogP contribution in [0.2, 0.25) is 5.02 Å². The molecule has 2 aromatic carbocycles. The quantitative estimate of drug-likeness (QED) is 0.609. The third-order valence-corrected chi connectivity index (χ3v) is 4.12. The maximum absolute atomic E-state index is 12.3. The number of ether oxygens (including phenoxy) is 1. The Kier molecular flexibility index (Phi) is 5.31. The zero-order valence-electron chi connectivity index (χ0n) is 14.1. The topological polar surface area (TPSA) is 63.0 Å². The highest BCUT2D eigenvalue weighted by atomic mass is 35.5. The van der Waals surface area contributed by atoms with Gasteiger partial charge < -0.3 is 4.74 Å². The number of aromatic nitrogens is 1. The minimum absolute atomic E-state index is 0.161. The SMILES string of the molecule is Cc1cc(-c2ccccc2)nc(OCC(=O)c2ccc(Cl)cc2)c1C#N. The van der Waals surface area contributed by atoms with Gasteiger partial charge >= 0.3 is 0 Å². The van der Waals surface area contributed by atoms with Crippen LogP contribution < -0.4 is 4.74 Å². The van der Waals surface area contributed by atoms with Crippen molar-refractivity contribution in [3.63, 3.8) is 0 Å². The Morgan fingerprint density at radius 1 is 1.15 bits per heavy atom. The molecule has 0 amide bonds. The second-order valence-corrected chi connectivity index (χ2v) is 6.14. The van der Waals surface area contributed by atoms with Gasteiger partial charge in [-0.3, -0.25) is 4.79 Å². The molecule has 0 N–H and O–H groups in total. The molecule has 4 nitrogen and oxygen atoms in total. The summed E-state index contributed by atoms with van der Waals surface area (Å²) in [6.45, 7) is 1.61. The summed E-state index contributed by atoms with van der Waals surface area (Å²) in [5.41, 5.74) is 3.16. The van der Waals surface area contributed by atoms with Crippen molar-refractivity contribution in [1.82, 2.24) is 4.98 Å². The van der Waals surface area contributed by atoms with Gasteiger partial charge in [-0.2, -0.15) is 5.26 Å². The maximum atomic E-state index is 12.3. The van der Waals surface area contributed by atoms with Crippen LogP contribution in [0.5, 0.6) is 5.88 Å². The Hall–Kier alpha value is -3.16. The summed E-state index contributed by atoms with van der Waals surface area (Å²) in [7, 11) is 0. The first-order valence-corrected chi connectivity index (χ1v) is 8.35. The fourth-order valence-electron chi connectivity index (χ4n) is 2.49. The van der Waals surface area contributed by atoms with Crippen molar-refractivity contribution in [2.45, 2.75) is 6.92 Å². The molecule has 128 valence electrons. The predicted octanol–water partition coefficient (Wildman–Crippen LogP) is 4.84. The molecule has 26 heavy (non-hydrogen) atoms. The Morgan fingerprint density at radius 3 is 2.50 bits per heavy atom. The number of aryl methyl sites for hydroxylation is 1. The van der Waals surface area contributed by atoms with Gasteiger partial charge in [0.2, 0.25) is 5.88 Å². The largest absolute Gasteiger partial charge is 0.468 e. The van der Waals surface area contributed by atoms with Crippen molar-refractivity contribution in [1.29, 1.82) is 5.26 Å². The average molecular weight is 363 g/mol. The Bertz CT molecular complexity index is 977. The number of pyridine rings is 1. The van der Waals surface area contributed by atoms with E-state index in [-0.39, 0.29) is 18.3 Å². The third-order valence-electron chi connectivity index (χ3n) is 3.87. The van der Waals surface area contributed by atoms with Crippen molar-refractivity contribution in [3.05, 3.63) is 82.4 Å². The van der Waals surface area contributed by atoms with Crippen LogP contribution in [-0.2, 0) is 0 Å². The molecule has 0 saturated carbocycles. The van der Waals surface area contributed by atoms with E-state index in [1.54, 1.807) is 24.3 Å². The second-order valence-electron chi connectivity index (χ2n) is 5.70. The molecule has 0 radical (unpaired) electrons. The number of carbonyl (C=O) groups excluding carboxylic acids is 1. The Morgan fingerprint density at radius 2 is 1.85 bits per heavy atom. The van der Waals surface area contributed by atoms with E-state index in [1.807, 2.05) is 43.3 Å². The van der Waals surface area contributed by atoms with Crippen molar-refractivity contribution >= 4 is 17.4 Å². The number of ketones is 1. The molecule has 3 aromatic rings. The van der Waals surface area contributed by atoms with Gasteiger partial charge in [0.15, 0.2) is 12.4 Å². The van der Waals surface area contributed by atoms with E-state index in [9.17, 15) is 10.1 Å². The van der Waals surface area contributed by atoms with Crippen LogP contribution in [0.25, 0.3) is 11.3 Å². The summed E-state index contributed by atoms with van der Waals surface area (Å²) in [6.07, 6.45) is 0. The van der Waals surface area contributed by atoms with Crippen LogP contribution in [-0.4, -0.2) is 17.4 Å². The molecule has 1 heterocycles. The van der Waals surface area contributed by atoms with Crippen LogP contribution in [0.1, 0.15) is 21.5 Å². The van der Waals surface area contributed by atoms with Crippen LogP contribution in [0.3, 0.4) is 0 Å². The molecule has 0 aliphatic rings. The van der Waals surface area contributed by atoms with Gasteiger partial charge in [0, 0.05) is 16.1 Å². The molecule has 0 saturated heterocycles. The summed E-state index contributed by atoms with van der Waals surface area (Å²) >= 11 is 5.83. The fourth-order valence-corrected chi connectivity index (χ4v) is 2.62. The zero-order chi connectivity index (χ0) is 18.5. The minimum atomic E-state index is -0.213. The zero-order valence-corrected chi connectivity index (χ0v) is 14.8. The van der Waals surface area contributed by atoms with Gasteiger partial charge in [-0.25, -0.2) is 4.98 Å². The molecule has 3 rings (SSSR count). The number of rotatable bonds is 5. The molecule has 0 atom stereocenters. The number of hydrogen-bond acceptors (Lipinski definition) is 4. The van der Waals surface area contributed by atoms with E-state index in [0.29, 0.717) is 21.8 Å². The summed E-state index contributed by atoms with van der Waals surface area (Å²) in [4.78, 5) is 16.7. The third kappa shape index (κ3) is 3.90. The fraction of sp³-hybridized carbons (Fsp3) is 0.0952. The highest BCUT2D eigenvalue weighted by molar-refractivity contribution is 6.30. The average Bonchev–Trinajstić information content (AvgIpc) is 2.67. The number of halogens is 1.